The summed E-state index contributed by atoms with van der Waals surface area (Å²) in [6, 6.07) is 16.4. The quantitative estimate of drug-likeness (QED) is 0.682. The van der Waals surface area contributed by atoms with E-state index in [0.29, 0.717) is 16.6 Å². The molecule has 1 atom stereocenters. The molecule has 1 unspecified atom stereocenters. The third-order valence-corrected chi connectivity index (χ3v) is 8.16. The number of piperidine rings is 2. The highest BCUT2D eigenvalue weighted by Crippen LogP contribution is 2.31. The molecule has 2 amide bonds. The first-order valence-corrected chi connectivity index (χ1v) is 13.1. The molecule has 180 valence electrons. The van der Waals surface area contributed by atoms with Gasteiger partial charge in [-0.3, -0.25) is 9.59 Å². The van der Waals surface area contributed by atoms with Crippen LogP contribution in [0.5, 0.6) is 0 Å². The number of carbonyl (C=O) groups excluding carboxylic acids is 2. The smallest absolute Gasteiger partial charge is 0.253 e. The maximum absolute atomic E-state index is 13.1. The lowest BCUT2D eigenvalue weighted by Crippen LogP contribution is -2.50. The van der Waals surface area contributed by atoms with Crippen LogP contribution in [0.15, 0.2) is 48.5 Å². The van der Waals surface area contributed by atoms with Gasteiger partial charge in [0.25, 0.3) is 5.91 Å². The van der Waals surface area contributed by atoms with E-state index in [1.807, 2.05) is 17.0 Å². The molecule has 2 saturated heterocycles. The molecule has 2 aliphatic heterocycles. The molecular weight excluding hydrogens is 446 g/mol. The topological polar surface area (TPSA) is 52.7 Å². The number of nitrogens with one attached hydrogen (secondary N) is 1. The van der Waals surface area contributed by atoms with Gasteiger partial charge in [0.15, 0.2) is 0 Å². The van der Waals surface area contributed by atoms with Crippen LogP contribution in [0.4, 0.5) is 0 Å². The summed E-state index contributed by atoms with van der Waals surface area (Å²) >= 11 is 6.06. The van der Waals surface area contributed by atoms with E-state index >= 15 is 0 Å². The second-order valence-electron chi connectivity index (χ2n) is 10.00. The van der Waals surface area contributed by atoms with E-state index in [1.165, 1.54) is 11.1 Å². The zero-order valence-corrected chi connectivity index (χ0v) is 20.5. The van der Waals surface area contributed by atoms with Crippen LogP contribution >= 0.6 is 11.6 Å². The Morgan fingerprint density at radius 2 is 1.65 bits per heavy atom. The highest BCUT2D eigenvalue weighted by Gasteiger charge is 2.33. The second-order valence-corrected chi connectivity index (χ2v) is 10.4. The number of aryl methyl sites for hydroxylation is 1. The molecule has 0 aromatic heterocycles. The van der Waals surface area contributed by atoms with Gasteiger partial charge in [-0.05, 0) is 87.4 Å². The Balaban J connectivity index is 1.09. The highest BCUT2D eigenvalue weighted by atomic mass is 35.5. The average molecular weight is 480 g/mol. The van der Waals surface area contributed by atoms with Crippen molar-refractivity contribution >= 4 is 23.4 Å². The van der Waals surface area contributed by atoms with Crippen molar-refractivity contribution in [2.24, 2.45) is 5.92 Å². The van der Waals surface area contributed by atoms with E-state index in [4.69, 9.17) is 11.6 Å². The van der Waals surface area contributed by atoms with Crippen molar-refractivity contribution in [3.8, 4) is 0 Å². The van der Waals surface area contributed by atoms with E-state index in [2.05, 4.69) is 34.5 Å². The predicted octanol–water partition coefficient (Wildman–Crippen LogP) is 4.85. The third kappa shape index (κ3) is 5.16. The largest absolute Gasteiger partial charge is 0.349 e. The molecule has 1 aliphatic carbocycles. The summed E-state index contributed by atoms with van der Waals surface area (Å²) in [5.41, 5.74) is 3.35. The Labute approximate surface area is 207 Å². The van der Waals surface area contributed by atoms with Crippen molar-refractivity contribution in [1.82, 2.24) is 15.1 Å². The van der Waals surface area contributed by atoms with E-state index in [1.54, 1.807) is 12.1 Å². The van der Waals surface area contributed by atoms with Crippen LogP contribution < -0.4 is 5.32 Å². The van der Waals surface area contributed by atoms with Gasteiger partial charge in [0.05, 0.1) is 6.04 Å². The van der Waals surface area contributed by atoms with Crippen LogP contribution in [-0.2, 0) is 11.2 Å². The standard InChI is InChI=1S/C28H34ClN3O2/c29-23-8-3-7-22(19-23)28(34)32-17-13-24(14-18-32)31-15-11-21(12-16-31)27(33)30-26-10-4-6-20-5-1-2-9-25(20)26/h1-3,5,7-9,19,21,24,26H,4,6,10-18H2,(H,30,33). The molecule has 34 heavy (non-hydrogen) atoms. The molecule has 2 fully saturated rings. The minimum Gasteiger partial charge on any atom is -0.349 e. The van der Waals surface area contributed by atoms with Gasteiger partial charge in [0.1, 0.15) is 0 Å². The normalized spacial score (nSPS) is 22.3. The Kier molecular flexibility index (Phi) is 7.21. The van der Waals surface area contributed by atoms with Crippen LogP contribution in [0, 0.1) is 5.92 Å². The molecular formula is C28H34ClN3O2. The summed E-state index contributed by atoms with van der Waals surface area (Å²) in [7, 11) is 0. The number of amides is 2. The number of hydrogen-bond donors (Lipinski definition) is 1. The molecule has 0 bridgehead atoms. The highest BCUT2D eigenvalue weighted by molar-refractivity contribution is 6.30. The van der Waals surface area contributed by atoms with Crippen LogP contribution in [-0.4, -0.2) is 53.8 Å². The molecule has 5 rings (SSSR count). The Hall–Kier alpha value is -2.37. The molecule has 0 spiro atoms. The Bertz CT molecular complexity index is 1030. The van der Waals surface area contributed by atoms with E-state index in [-0.39, 0.29) is 23.8 Å². The van der Waals surface area contributed by atoms with Gasteiger partial charge in [-0.2, -0.15) is 0 Å². The van der Waals surface area contributed by atoms with E-state index in [0.717, 1.165) is 71.1 Å². The Morgan fingerprint density at radius 3 is 2.41 bits per heavy atom. The summed E-state index contributed by atoms with van der Waals surface area (Å²) < 4.78 is 0. The molecule has 5 nitrogen and oxygen atoms in total. The van der Waals surface area contributed by atoms with Gasteiger partial charge in [-0.25, -0.2) is 0 Å². The number of hydrogen-bond acceptors (Lipinski definition) is 3. The van der Waals surface area contributed by atoms with Gasteiger partial charge < -0.3 is 15.1 Å². The van der Waals surface area contributed by atoms with Crippen molar-refractivity contribution in [2.75, 3.05) is 26.2 Å². The van der Waals surface area contributed by atoms with Gasteiger partial charge in [0.2, 0.25) is 5.91 Å². The zero-order chi connectivity index (χ0) is 23.5. The van der Waals surface area contributed by atoms with Crippen molar-refractivity contribution in [1.29, 1.82) is 0 Å². The van der Waals surface area contributed by atoms with Crippen molar-refractivity contribution in [3.05, 3.63) is 70.2 Å². The molecule has 1 N–H and O–H groups in total. The number of halogens is 1. The van der Waals surface area contributed by atoms with Crippen LogP contribution in [0.2, 0.25) is 5.02 Å². The summed E-state index contributed by atoms with van der Waals surface area (Å²) in [5, 5.41) is 3.96. The molecule has 6 heteroatoms. The fourth-order valence-corrected chi connectivity index (χ4v) is 6.15. The summed E-state index contributed by atoms with van der Waals surface area (Å²) in [5.74, 6) is 0.402. The first-order valence-electron chi connectivity index (χ1n) is 12.8. The van der Waals surface area contributed by atoms with Crippen molar-refractivity contribution in [2.45, 2.75) is 57.0 Å². The monoisotopic (exact) mass is 479 g/mol. The first-order chi connectivity index (χ1) is 16.6. The lowest BCUT2D eigenvalue weighted by atomic mass is 9.86. The average Bonchev–Trinajstić information content (AvgIpc) is 2.89. The van der Waals surface area contributed by atoms with Crippen LogP contribution in [0.3, 0.4) is 0 Å². The zero-order valence-electron chi connectivity index (χ0n) is 19.7. The van der Waals surface area contributed by atoms with E-state index in [9.17, 15) is 9.59 Å². The SMILES string of the molecule is O=C(NC1CCCc2ccccc21)C1CCN(C2CCN(C(=O)c3cccc(Cl)c3)CC2)CC1. The maximum atomic E-state index is 13.1. The lowest BCUT2D eigenvalue weighted by molar-refractivity contribution is -0.127. The minimum atomic E-state index is 0.0700. The predicted molar refractivity (Wildman–Crippen MR) is 135 cm³/mol. The van der Waals surface area contributed by atoms with Crippen LogP contribution in [0.25, 0.3) is 0 Å². The molecule has 2 heterocycles. The second kappa shape index (κ2) is 10.5. The maximum Gasteiger partial charge on any atom is 0.253 e. The van der Waals surface area contributed by atoms with Crippen molar-refractivity contribution in [3.63, 3.8) is 0 Å². The summed E-state index contributed by atoms with van der Waals surface area (Å²) in [6.07, 6.45) is 7.10. The number of nitrogens with zero attached hydrogens (tertiary/aromatic N) is 2. The lowest BCUT2D eigenvalue weighted by Gasteiger charge is -2.41. The fraction of sp³-hybridized carbons (Fsp3) is 0.500. The van der Waals surface area contributed by atoms with Gasteiger partial charge in [0, 0.05) is 35.6 Å². The molecule has 0 radical (unpaired) electrons. The summed E-state index contributed by atoms with van der Waals surface area (Å²) in [4.78, 5) is 30.3. The summed E-state index contributed by atoms with van der Waals surface area (Å²) in [6.45, 7) is 3.48. The number of benzene rings is 2. The van der Waals surface area contributed by atoms with E-state index < -0.39 is 0 Å². The number of carbonyl (C=O) groups is 2. The number of likely N-dealkylation sites (tertiary alicyclic amines) is 2. The number of rotatable bonds is 4. The Morgan fingerprint density at radius 1 is 0.882 bits per heavy atom. The first kappa shape index (κ1) is 23.4. The number of fused-ring (bicyclic) bond motifs is 1. The van der Waals surface area contributed by atoms with Crippen LogP contribution in [0.1, 0.15) is 66.1 Å². The molecule has 2 aromatic carbocycles. The van der Waals surface area contributed by atoms with Gasteiger partial charge in [-0.1, -0.05) is 41.9 Å². The van der Waals surface area contributed by atoms with Gasteiger partial charge >= 0.3 is 0 Å². The molecule has 0 saturated carbocycles. The molecule has 2 aromatic rings. The third-order valence-electron chi connectivity index (χ3n) is 7.93. The minimum absolute atomic E-state index is 0.0700. The fourth-order valence-electron chi connectivity index (χ4n) is 5.96. The van der Waals surface area contributed by atoms with Gasteiger partial charge in [-0.15, -0.1) is 0 Å². The van der Waals surface area contributed by atoms with Crippen molar-refractivity contribution < 1.29 is 9.59 Å². The molecule has 3 aliphatic rings.